The second kappa shape index (κ2) is 88.8. The summed E-state index contributed by atoms with van der Waals surface area (Å²) < 4.78 is 0. The lowest BCUT2D eigenvalue weighted by Gasteiger charge is -2.50. The summed E-state index contributed by atoms with van der Waals surface area (Å²) >= 11 is 0. The van der Waals surface area contributed by atoms with Crippen molar-refractivity contribution in [1.29, 1.82) is 0 Å². The van der Waals surface area contributed by atoms with Crippen LogP contribution in [0.15, 0.2) is 0 Å². The fourth-order valence-electron chi connectivity index (χ4n) is 29.1. The van der Waals surface area contributed by atoms with Crippen LogP contribution in [0.5, 0.6) is 0 Å². The Bertz CT molecular complexity index is 2290. The Morgan fingerprint density at radius 2 is 0.310 bits per heavy atom. The highest BCUT2D eigenvalue weighted by molar-refractivity contribution is 5.05. The van der Waals surface area contributed by atoms with Crippen LogP contribution >= 0.6 is 0 Å². The lowest BCUT2D eigenvalue weighted by Crippen LogP contribution is -2.63. The van der Waals surface area contributed by atoms with Gasteiger partial charge in [0.05, 0.1) is 0 Å². The van der Waals surface area contributed by atoms with Crippen LogP contribution in [0, 0.1) is 178 Å². The van der Waals surface area contributed by atoms with Crippen LogP contribution in [0.1, 0.15) is 689 Å². The minimum absolute atomic E-state index is 0.444. The summed E-state index contributed by atoms with van der Waals surface area (Å²) in [7, 11) is 0. The van der Waals surface area contributed by atoms with Crippen molar-refractivity contribution >= 4 is 0 Å². The predicted molar refractivity (Wildman–Crippen MR) is 687 cm³/mol. The number of nitrogens with one attached hydrogen (secondary N) is 4. The molecule has 892 valence electrons. The van der Waals surface area contributed by atoms with Crippen LogP contribution in [-0.2, 0) is 0 Å². The molecule has 7 saturated carbocycles. The van der Waals surface area contributed by atoms with Gasteiger partial charge in [0.1, 0.15) is 0 Å². The number of rotatable bonds is 20. The lowest BCUT2D eigenvalue weighted by atomic mass is 9.56. The molecule has 11 fully saturated rings. The number of hydrogen-bond donors (Lipinski definition) is 4. The highest BCUT2D eigenvalue weighted by atomic mass is 15.1. The number of piperidine rings is 1. The third kappa shape index (κ3) is 52.5. The summed E-state index contributed by atoms with van der Waals surface area (Å²) in [6.45, 7) is 161. The predicted octanol–water partition coefficient (Wildman–Crippen LogP) is 48.5. The zero-order valence-electron chi connectivity index (χ0n) is 116. The molecule has 4 heteroatoms. The van der Waals surface area contributed by atoms with E-state index in [1.807, 2.05) is 152 Å². The van der Waals surface area contributed by atoms with Crippen molar-refractivity contribution in [1.82, 2.24) is 21.3 Å². The van der Waals surface area contributed by atoms with Gasteiger partial charge in [-0.05, 0) is 333 Å². The van der Waals surface area contributed by atoms with Crippen LogP contribution in [0.25, 0.3) is 0 Å². The van der Waals surface area contributed by atoms with Crippen molar-refractivity contribution in [3.8, 4) is 0 Å². The molecule has 11 rings (SSSR count). The molecule has 0 aromatic carbocycles. The van der Waals surface area contributed by atoms with Gasteiger partial charge >= 0.3 is 0 Å². The summed E-state index contributed by atoms with van der Waals surface area (Å²) in [5.74, 6) is 16.9. The molecule has 0 atom stereocenters. The third-order valence-corrected chi connectivity index (χ3v) is 40.8. The summed E-state index contributed by atoms with van der Waals surface area (Å²) in [6.07, 6.45) is 49.3. The van der Waals surface area contributed by atoms with E-state index in [2.05, 4.69) is 340 Å². The van der Waals surface area contributed by atoms with Crippen LogP contribution in [0.2, 0.25) is 0 Å². The minimum atomic E-state index is 0.444. The minimum Gasteiger partial charge on any atom is -0.316 e. The van der Waals surface area contributed by atoms with Gasteiger partial charge in [-0.15, -0.1) is 0 Å². The Morgan fingerprint density at radius 1 is 0.138 bits per heavy atom. The maximum Gasteiger partial charge on any atom is 0.0239 e. The zero-order valence-corrected chi connectivity index (χ0v) is 116. The van der Waals surface area contributed by atoms with E-state index < -0.39 is 0 Å². The first-order chi connectivity index (χ1) is 67.6. The maximum atomic E-state index is 3.67. The quantitative estimate of drug-likeness (QED) is 0.0918. The molecule has 0 aromatic rings. The van der Waals surface area contributed by atoms with E-state index in [1.54, 1.807) is 0 Å². The molecule has 4 N–H and O–H groups in total. The van der Waals surface area contributed by atoms with E-state index in [0.29, 0.717) is 59.8 Å². The van der Waals surface area contributed by atoms with Gasteiger partial charge in [-0.1, -0.05) is 561 Å². The molecule has 7 aliphatic carbocycles. The standard InChI is InChI=1S/C14H28.2C12H24.C11H23N.C11H22.2C10H21N.3C10H20.C9H19N.11C2H6/c1-12(2)14(13(3,4)5)10-8-6-7-9-11-14;2*1-10(2)12(11(3)4)8-6-5-7-9-12;1-9(2)11(10(3)4)6-5-7-12-8-11;1-9(2)11(10(3)4)7-5-6-8-11;1-8(2)10(9(3)4)5-6-11-7-10;1-8(2)10(9(3)4)6-5-7-11-10;1-8(2)10(6-7-10)9(3,4)5;2*1-8(2)10(9(3)4)6-5-7-10;1-7(2)9(8(3)4)5-6-10-9;11*1-2/h12H,6-11H2,1-5H3;2*10-11H,5-9H2,1-4H3;9-10,12H,5-8H2,1-4H3;9-10H,5-8H2,1-4H3;2*8-9,11H,5-7H2,1-4H3;8H,6-7H2,1-5H3;2*8-9H,5-7H2,1-4H3;7-8,10H,5-6H2,1-4H3;11*1-2H3. The molecular formula is C141H308N4. The van der Waals surface area contributed by atoms with Crippen LogP contribution in [0.3, 0.4) is 0 Å². The van der Waals surface area contributed by atoms with Gasteiger partial charge in [-0.2, -0.15) is 0 Å². The topological polar surface area (TPSA) is 48.1 Å². The van der Waals surface area contributed by atoms with Gasteiger partial charge in [-0.3, -0.25) is 0 Å². The molecule has 4 saturated heterocycles. The Labute approximate surface area is 932 Å². The number of hydrogen-bond acceptors (Lipinski definition) is 4. The van der Waals surface area contributed by atoms with E-state index in [-0.39, 0.29) is 0 Å². The normalized spacial score (nSPS) is 20.4. The molecule has 0 radical (unpaired) electrons. The highest BCUT2D eigenvalue weighted by Gasteiger charge is 2.54. The Kier molecular flexibility index (Phi) is 102. The van der Waals surface area contributed by atoms with Crippen molar-refractivity contribution in [3.63, 3.8) is 0 Å². The van der Waals surface area contributed by atoms with Crippen molar-refractivity contribution < 1.29 is 0 Å². The molecule has 4 nitrogen and oxygen atoms in total. The molecule has 0 spiro atoms. The molecular weight excluding hydrogens is 1750 g/mol. The lowest BCUT2D eigenvalue weighted by molar-refractivity contribution is 0.0133. The summed E-state index contributed by atoms with van der Waals surface area (Å²) in [6, 6.07) is 0. The van der Waals surface area contributed by atoms with Gasteiger partial charge in [0, 0.05) is 24.2 Å². The summed E-state index contributed by atoms with van der Waals surface area (Å²) in [5, 5.41) is 14.2. The average Bonchev–Trinajstić information content (AvgIpc) is 1.59. The van der Waals surface area contributed by atoms with Gasteiger partial charge in [0.15, 0.2) is 0 Å². The average molecular weight is 2060 g/mol. The van der Waals surface area contributed by atoms with E-state index in [0.717, 1.165) is 129 Å². The van der Waals surface area contributed by atoms with Crippen LogP contribution in [-0.4, -0.2) is 50.3 Å². The fraction of sp³-hybridized carbons (Fsp3) is 1.00. The Balaban J connectivity index is -0.000000148. The second-order valence-corrected chi connectivity index (χ2v) is 53.0. The van der Waals surface area contributed by atoms with Crippen LogP contribution in [0.4, 0.5) is 0 Å². The Morgan fingerprint density at radius 3 is 0.414 bits per heavy atom. The molecule has 4 aliphatic heterocycles. The smallest absolute Gasteiger partial charge is 0.0239 e. The van der Waals surface area contributed by atoms with Crippen LogP contribution < -0.4 is 21.3 Å². The Hall–Kier alpha value is -0.160. The highest BCUT2D eigenvalue weighted by Crippen LogP contribution is 2.63. The largest absolute Gasteiger partial charge is 0.316 e. The molecule has 0 amide bonds. The van der Waals surface area contributed by atoms with E-state index in [9.17, 15) is 0 Å². The van der Waals surface area contributed by atoms with Gasteiger partial charge in [0.2, 0.25) is 0 Å². The molecule has 11 aliphatic rings. The maximum absolute atomic E-state index is 3.67. The van der Waals surface area contributed by atoms with Crippen molar-refractivity contribution in [2.45, 2.75) is 700 Å². The van der Waals surface area contributed by atoms with Crippen molar-refractivity contribution in [2.24, 2.45) is 178 Å². The van der Waals surface area contributed by atoms with E-state index >= 15 is 0 Å². The van der Waals surface area contributed by atoms with E-state index in [4.69, 9.17) is 0 Å². The molecule has 145 heavy (non-hydrogen) atoms. The summed E-state index contributed by atoms with van der Waals surface area (Å²) in [5.41, 5.74) is 7.86. The zero-order chi connectivity index (χ0) is 117. The molecule has 0 aromatic heterocycles. The third-order valence-electron chi connectivity index (χ3n) is 40.8. The SMILES string of the molecule is CC.CC.CC.CC.CC.CC.CC.CC.CC.CC.CC.CC(C)C1(C(C)(C)C)CC1.CC(C)C1(C(C)(C)C)CCCCCC1.CC(C)C1(C(C)C)CCC1.CC(C)C1(C(C)C)CCC1.CC(C)C1(C(C)C)CCCC1.CC(C)C1(C(C)C)CCCCC1.CC(C)C1(C(C)C)CCCCC1.CC(C)C1(C(C)C)CCCN1.CC(C)C1(C(C)C)CCCNC1.CC(C)C1(C(C)C)CCN1.CC(C)C1(C(C)C)CCNC1. The van der Waals surface area contributed by atoms with Gasteiger partial charge in [-0.25, -0.2) is 0 Å². The first-order valence-corrected chi connectivity index (χ1v) is 66.6. The van der Waals surface area contributed by atoms with E-state index in [1.165, 1.54) is 258 Å². The second-order valence-electron chi connectivity index (χ2n) is 53.0. The fourth-order valence-corrected chi connectivity index (χ4v) is 29.1. The van der Waals surface area contributed by atoms with Crippen molar-refractivity contribution in [2.75, 3.05) is 39.3 Å². The molecule has 4 heterocycles. The van der Waals surface area contributed by atoms with Gasteiger partial charge in [0.25, 0.3) is 0 Å². The van der Waals surface area contributed by atoms with Gasteiger partial charge < -0.3 is 21.3 Å². The molecule has 0 bridgehead atoms. The molecule has 0 unspecified atom stereocenters. The summed E-state index contributed by atoms with van der Waals surface area (Å²) in [4.78, 5) is 0. The first kappa shape index (κ1) is 167. The first-order valence-electron chi connectivity index (χ1n) is 66.6. The van der Waals surface area contributed by atoms with Crippen molar-refractivity contribution in [3.05, 3.63) is 0 Å². The monoisotopic (exact) mass is 2060 g/mol.